The van der Waals surface area contributed by atoms with Crippen molar-refractivity contribution in [1.82, 2.24) is 4.98 Å². The minimum absolute atomic E-state index is 0.312. The van der Waals surface area contributed by atoms with E-state index in [1.54, 1.807) is 0 Å². The molecule has 1 amide bonds. The van der Waals surface area contributed by atoms with Gasteiger partial charge in [-0.05, 0) is 35.0 Å². The molecule has 0 fully saturated rings. The standard InChI is InChI=1S/C16H11FN2O/c17-15-8-6-13(10-18-15)16(20)19-14-7-5-11-3-1-2-4-12(11)9-14/h1-10H,(H,19,20). The van der Waals surface area contributed by atoms with Gasteiger partial charge in [-0.1, -0.05) is 30.3 Å². The van der Waals surface area contributed by atoms with Gasteiger partial charge in [0.15, 0.2) is 0 Å². The van der Waals surface area contributed by atoms with Gasteiger partial charge in [0.1, 0.15) is 0 Å². The number of benzene rings is 2. The van der Waals surface area contributed by atoms with Gasteiger partial charge in [-0.2, -0.15) is 4.39 Å². The predicted octanol–water partition coefficient (Wildman–Crippen LogP) is 3.63. The van der Waals surface area contributed by atoms with Crippen LogP contribution in [0.25, 0.3) is 10.8 Å². The Balaban J connectivity index is 1.85. The average Bonchev–Trinajstić information content (AvgIpc) is 2.48. The van der Waals surface area contributed by atoms with E-state index in [-0.39, 0.29) is 5.91 Å². The molecule has 1 N–H and O–H groups in total. The highest BCUT2D eigenvalue weighted by atomic mass is 19.1. The third-order valence-electron chi connectivity index (χ3n) is 3.00. The number of carbonyl (C=O) groups excluding carboxylic acids is 1. The van der Waals surface area contributed by atoms with Crippen molar-refractivity contribution in [3.8, 4) is 0 Å². The molecule has 0 aliphatic heterocycles. The second-order valence-electron chi connectivity index (χ2n) is 4.39. The number of fused-ring (bicyclic) bond motifs is 1. The molecule has 3 rings (SSSR count). The van der Waals surface area contributed by atoms with Gasteiger partial charge < -0.3 is 5.32 Å². The van der Waals surface area contributed by atoms with Gasteiger partial charge in [-0.3, -0.25) is 4.79 Å². The number of hydrogen-bond acceptors (Lipinski definition) is 2. The molecule has 0 unspecified atom stereocenters. The first-order valence-corrected chi connectivity index (χ1v) is 6.14. The highest BCUT2D eigenvalue weighted by Crippen LogP contribution is 2.19. The van der Waals surface area contributed by atoms with E-state index in [0.717, 1.165) is 16.8 Å². The molecule has 0 aliphatic carbocycles. The number of anilines is 1. The van der Waals surface area contributed by atoms with Crippen LogP contribution in [0.2, 0.25) is 0 Å². The fourth-order valence-corrected chi connectivity index (χ4v) is 1.98. The van der Waals surface area contributed by atoms with E-state index in [9.17, 15) is 9.18 Å². The Labute approximate surface area is 115 Å². The summed E-state index contributed by atoms with van der Waals surface area (Å²) < 4.78 is 12.7. The van der Waals surface area contributed by atoms with Gasteiger partial charge in [0.05, 0.1) is 5.56 Å². The number of amides is 1. The molecule has 0 bridgehead atoms. The quantitative estimate of drug-likeness (QED) is 0.720. The predicted molar refractivity (Wildman–Crippen MR) is 76.1 cm³/mol. The minimum Gasteiger partial charge on any atom is -0.322 e. The van der Waals surface area contributed by atoms with Gasteiger partial charge in [-0.25, -0.2) is 4.98 Å². The zero-order valence-corrected chi connectivity index (χ0v) is 10.5. The van der Waals surface area contributed by atoms with Crippen molar-refractivity contribution in [2.24, 2.45) is 0 Å². The van der Waals surface area contributed by atoms with E-state index in [2.05, 4.69) is 10.3 Å². The Kier molecular flexibility index (Phi) is 3.13. The molecular formula is C16H11FN2O. The lowest BCUT2D eigenvalue weighted by Crippen LogP contribution is -2.12. The highest BCUT2D eigenvalue weighted by molar-refractivity contribution is 6.05. The molecule has 0 saturated heterocycles. The van der Waals surface area contributed by atoms with Crippen molar-refractivity contribution in [3.05, 3.63) is 72.3 Å². The first-order chi connectivity index (χ1) is 9.72. The molecule has 98 valence electrons. The van der Waals surface area contributed by atoms with E-state index in [1.807, 2.05) is 42.5 Å². The summed E-state index contributed by atoms with van der Waals surface area (Å²) in [7, 11) is 0. The zero-order chi connectivity index (χ0) is 13.9. The van der Waals surface area contributed by atoms with Gasteiger partial charge in [0, 0.05) is 11.9 Å². The molecule has 20 heavy (non-hydrogen) atoms. The van der Waals surface area contributed by atoms with E-state index >= 15 is 0 Å². The zero-order valence-electron chi connectivity index (χ0n) is 10.5. The summed E-state index contributed by atoms with van der Waals surface area (Å²) in [5.74, 6) is -0.917. The number of hydrogen-bond donors (Lipinski definition) is 1. The van der Waals surface area contributed by atoms with Gasteiger partial charge in [-0.15, -0.1) is 0 Å². The van der Waals surface area contributed by atoms with Crippen LogP contribution in [0, 0.1) is 5.95 Å². The minimum atomic E-state index is -0.604. The Bertz CT molecular complexity index is 769. The van der Waals surface area contributed by atoms with Crippen LogP contribution in [-0.4, -0.2) is 10.9 Å². The van der Waals surface area contributed by atoms with Crippen molar-refractivity contribution in [3.63, 3.8) is 0 Å². The van der Waals surface area contributed by atoms with Crippen LogP contribution in [0.1, 0.15) is 10.4 Å². The molecule has 0 aliphatic rings. The van der Waals surface area contributed by atoms with Crippen LogP contribution >= 0.6 is 0 Å². The Morgan fingerprint density at radius 3 is 2.55 bits per heavy atom. The van der Waals surface area contributed by atoms with Crippen LogP contribution in [-0.2, 0) is 0 Å². The number of aromatic nitrogens is 1. The lowest BCUT2D eigenvalue weighted by molar-refractivity contribution is 0.102. The first kappa shape index (κ1) is 12.3. The second kappa shape index (κ2) is 5.09. The number of nitrogens with one attached hydrogen (secondary N) is 1. The monoisotopic (exact) mass is 266 g/mol. The average molecular weight is 266 g/mol. The van der Waals surface area contributed by atoms with Gasteiger partial charge in [0.2, 0.25) is 5.95 Å². The molecule has 1 aromatic heterocycles. The lowest BCUT2D eigenvalue weighted by Gasteiger charge is -2.06. The topological polar surface area (TPSA) is 42.0 Å². The normalized spacial score (nSPS) is 10.4. The smallest absolute Gasteiger partial charge is 0.257 e. The summed E-state index contributed by atoms with van der Waals surface area (Å²) in [5.41, 5.74) is 1.01. The molecule has 0 atom stereocenters. The Hall–Kier alpha value is -2.75. The second-order valence-corrected chi connectivity index (χ2v) is 4.39. The summed E-state index contributed by atoms with van der Waals surface area (Å²) in [6.07, 6.45) is 1.21. The number of nitrogens with zero attached hydrogens (tertiary/aromatic N) is 1. The lowest BCUT2D eigenvalue weighted by atomic mass is 10.1. The molecule has 0 saturated carbocycles. The van der Waals surface area contributed by atoms with Crippen molar-refractivity contribution in [2.45, 2.75) is 0 Å². The van der Waals surface area contributed by atoms with Crippen LogP contribution in [0.4, 0.5) is 10.1 Å². The molecule has 4 heteroatoms. The van der Waals surface area contributed by atoms with Crippen molar-refractivity contribution in [2.75, 3.05) is 5.32 Å². The SMILES string of the molecule is O=C(Nc1ccc2ccccc2c1)c1ccc(F)nc1. The van der Waals surface area contributed by atoms with Crippen LogP contribution in [0.3, 0.4) is 0 Å². The number of pyridine rings is 1. The number of halogens is 1. The van der Waals surface area contributed by atoms with Crippen molar-refractivity contribution < 1.29 is 9.18 Å². The summed E-state index contributed by atoms with van der Waals surface area (Å²) in [4.78, 5) is 15.5. The fourth-order valence-electron chi connectivity index (χ4n) is 1.98. The summed E-state index contributed by atoms with van der Waals surface area (Å²) >= 11 is 0. The molecule has 2 aromatic carbocycles. The molecular weight excluding hydrogens is 255 g/mol. The van der Waals surface area contributed by atoms with Gasteiger partial charge in [0.25, 0.3) is 5.91 Å². The van der Waals surface area contributed by atoms with E-state index in [0.29, 0.717) is 11.3 Å². The van der Waals surface area contributed by atoms with E-state index < -0.39 is 5.95 Å². The number of rotatable bonds is 2. The fraction of sp³-hybridized carbons (Fsp3) is 0. The van der Waals surface area contributed by atoms with E-state index in [1.165, 1.54) is 12.3 Å². The maximum absolute atomic E-state index is 12.7. The largest absolute Gasteiger partial charge is 0.322 e. The van der Waals surface area contributed by atoms with Gasteiger partial charge >= 0.3 is 0 Å². The molecule has 3 nitrogen and oxygen atoms in total. The van der Waals surface area contributed by atoms with Crippen LogP contribution in [0.15, 0.2) is 60.8 Å². The Morgan fingerprint density at radius 1 is 1.00 bits per heavy atom. The molecule has 1 heterocycles. The van der Waals surface area contributed by atoms with Crippen LogP contribution in [0.5, 0.6) is 0 Å². The highest BCUT2D eigenvalue weighted by Gasteiger charge is 2.07. The number of carbonyl (C=O) groups is 1. The van der Waals surface area contributed by atoms with Crippen molar-refractivity contribution in [1.29, 1.82) is 0 Å². The molecule has 0 spiro atoms. The maximum Gasteiger partial charge on any atom is 0.257 e. The maximum atomic E-state index is 12.7. The first-order valence-electron chi connectivity index (χ1n) is 6.14. The molecule has 3 aromatic rings. The van der Waals surface area contributed by atoms with E-state index in [4.69, 9.17) is 0 Å². The summed E-state index contributed by atoms with van der Waals surface area (Å²) in [6, 6.07) is 16.1. The summed E-state index contributed by atoms with van der Waals surface area (Å²) in [6.45, 7) is 0. The third kappa shape index (κ3) is 2.49. The van der Waals surface area contributed by atoms with Crippen LogP contribution < -0.4 is 5.32 Å². The molecule has 0 radical (unpaired) electrons. The third-order valence-corrected chi connectivity index (χ3v) is 3.00. The summed E-state index contributed by atoms with van der Waals surface area (Å²) in [5, 5.41) is 4.92. The van der Waals surface area contributed by atoms with Crippen molar-refractivity contribution >= 4 is 22.4 Å². The Morgan fingerprint density at radius 2 is 1.80 bits per heavy atom.